The van der Waals surface area contributed by atoms with Crippen LogP contribution in [0.15, 0.2) is 91.0 Å². The van der Waals surface area contributed by atoms with E-state index in [0.717, 1.165) is 12.0 Å². The molecule has 1 aliphatic rings. The Morgan fingerprint density at radius 1 is 0.854 bits per heavy atom. The van der Waals surface area contributed by atoms with Gasteiger partial charge in [-0.2, -0.15) is 0 Å². The Bertz CT molecular complexity index is 1260. The first kappa shape index (κ1) is 30.1. The number of alkyl carbamates (subject to hydrolysis) is 1. The highest BCUT2D eigenvalue weighted by Crippen LogP contribution is 2.22. The third-order valence-corrected chi connectivity index (χ3v) is 13.2. The number of hydrogen-bond acceptors (Lipinski definition) is 4. The number of hydrogen-bond donors (Lipinski definition) is 2. The van der Waals surface area contributed by atoms with Gasteiger partial charge in [0.1, 0.15) is 26.8 Å². The summed E-state index contributed by atoms with van der Waals surface area (Å²) in [6.07, 6.45) is 0.651. The van der Waals surface area contributed by atoms with E-state index >= 15 is 0 Å². The van der Waals surface area contributed by atoms with Crippen molar-refractivity contribution in [2.45, 2.75) is 64.5 Å². The quantitative estimate of drug-likeness (QED) is 0.362. The predicted molar refractivity (Wildman–Crippen MR) is 164 cm³/mol. The van der Waals surface area contributed by atoms with Gasteiger partial charge in [-0.25, -0.2) is 4.79 Å². The fraction of sp³-hybridized carbons (Fsp3) is 0.364. The van der Waals surface area contributed by atoms with Crippen molar-refractivity contribution in [2.24, 2.45) is 5.92 Å². The molecule has 3 aromatic carbocycles. The van der Waals surface area contributed by atoms with E-state index in [1.165, 1.54) is 10.4 Å². The van der Waals surface area contributed by atoms with Gasteiger partial charge in [0.05, 0.1) is 0 Å². The number of likely N-dealkylation sites (tertiary alicyclic amines) is 1. The van der Waals surface area contributed by atoms with E-state index in [9.17, 15) is 14.4 Å². The zero-order valence-corrected chi connectivity index (χ0v) is 25.4. The van der Waals surface area contributed by atoms with E-state index in [-0.39, 0.29) is 30.0 Å². The molecule has 216 valence electrons. The summed E-state index contributed by atoms with van der Waals surface area (Å²) in [5, 5.41) is 8.54. The fourth-order valence-corrected chi connectivity index (χ4v) is 10.5. The van der Waals surface area contributed by atoms with E-state index < -0.39 is 26.3 Å². The number of nitrogens with one attached hydrogen (secondary N) is 2. The topological polar surface area (TPSA) is 87.7 Å². The van der Waals surface area contributed by atoms with Gasteiger partial charge in [-0.05, 0) is 31.2 Å². The van der Waals surface area contributed by atoms with Crippen LogP contribution >= 0.6 is 0 Å². The smallest absolute Gasteiger partial charge is 0.408 e. The Kier molecular flexibility index (Phi) is 9.99. The normalized spacial score (nSPS) is 16.6. The highest BCUT2D eigenvalue weighted by molar-refractivity contribution is 7.02. The summed E-state index contributed by atoms with van der Waals surface area (Å²) in [6.45, 7) is 8.82. The summed E-state index contributed by atoms with van der Waals surface area (Å²) in [7, 11) is -2.45. The van der Waals surface area contributed by atoms with Crippen LogP contribution in [0.25, 0.3) is 0 Å². The lowest BCUT2D eigenvalue weighted by Gasteiger charge is -2.41. The lowest BCUT2D eigenvalue weighted by molar-refractivity contribution is -0.139. The van der Waals surface area contributed by atoms with E-state index in [1.54, 1.807) is 11.8 Å². The van der Waals surface area contributed by atoms with Crippen molar-refractivity contribution in [2.75, 3.05) is 6.54 Å². The molecule has 7 nitrogen and oxygen atoms in total. The first-order chi connectivity index (χ1) is 19.7. The SMILES string of the molecule is CC(C)[C@H](NC(=O)[C@@H]1CCCN1C(=O)[C@H](C)NC(=O)OCc1ccccc1)[Si](C)(c1ccccc1)c1ccccc1. The van der Waals surface area contributed by atoms with Crippen molar-refractivity contribution < 1.29 is 19.1 Å². The second-order valence-corrected chi connectivity index (χ2v) is 15.5. The van der Waals surface area contributed by atoms with Crippen LogP contribution in [0.5, 0.6) is 0 Å². The van der Waals surface area contributed by atoms with Gasteiger partial charge in [-0.3, -0.25) is 9.59 Å². The molecule has 1 heterocycles. The molecule has 41 heavy (non-hydrogen) atoms. The third-order valence-electron chi connectivity index (χ3n) is 8.09. The molecule has 0 saturated carbocycles. The van der Waals surface area contributed by atoms with Crippen molar-refractivity contribution in [3.63, 3.8) is 0 Å². The molecule has 0 aromatic heterocycles. The molecule has 0 unspecified atom stereocenters. The van der Waals surface area contributed by atoms with Gasteiger partial charge in [0.15, 0.2) is 0 Å². The van der Waals surface area contributed by atoms with Gasteiger partial charge in [0.25, 0.3) is 0 Å². The summed E-state index contributed by atoms with van der Waals surface area (Å²) in [6, 6.07) is 28.9. The molecule has 1 aliphatic heterocycles. The second-order valence-electron chi connectivity index (χ2n) is 11.3. The number of nitrogens with zero attached hydrogens (tertiary/aromatic N) is 1. The number of carbonyl (C=O) groups excluding carboxylic acids is 3. The minimum Gasteiger partial charge on any atom is -0.445 e. The molecule has 1 fully saturated rings. The van der Waals surface area contributed by atoms with Crippen molar-refractivity contribution in [3.05, 3.63) is 96.6 Å². The Hall–Kier alpha value is -3.91. The summed E-state index contributed by atoms with van der Waals surface area (Å²) in [4.78, 5) is 41.3. The maximum absolute atomic E-state index is 13.9. The minimum absolute atomic E-state index is 0.0964. The summed E-state index contributed by atoms with van der Waals surface area (Å²) in [5.41, 5.74) is 0.764. The largest absolute Gasteiger partial charge is 0.445 e. The zero-order valence-electron chi connectivity index (χ0n) is 24.4. The number of amides is 3. The molecular formula is C33H41N3O4Si. The zero-order chi connectivity index (χ0) is 29.4. The highest BCUT2D eigenvalue weighted by Gasteiger charge is 2.45. The molecule has 3 aromatic rings. The second kappa shape index (κ2) is 13.6. The molecule has 2 N–H and O–H groups in total. The Labute approximate surface area is 244 Å². The van der Waals surface area contributed by atoms with Crippen molar-refractivity contribution in [1.29, 1.82) is 0 Å². The van der Waals surface area contributed by atoms with Crippen molar-refractivity contribution >= 4 is 36.4 Å². The number of rotatable bonds is 10. The third kappa shape index (κ3) is 7.06. The molecule has 4 rings (SSSR count). The Morgan fingerprint density at radius 2 is 1.39 bits per heavy atom. The summed E-state index contributed by atoms with van der Waals surface area (Å²) in [5.74, 6) is -0.257. The highest BCUT2D eigenvalue weighted by atomic mass is 28.3. The lowest BCUT2D eigenvalue weighted by Crippen LogP contribution is -2.71. The van der Waals surface area contributed by atoms with E-state index in [4.69, 9.17) is 4.74 Å². The summed E-state index contributed by atoms with van der Waals surface area (Å²) < 4.78 is 5.29. The molecule has 8 heteroatoms. The van der Waals surface area contributed by atoms with Crippen LogP contribution in [-0.2, 0) is 20.9 Å². The molecule has 1 saturated heterocycles. The first-order valence-corrected chi connectivity index (χ1v) is 17.0. The van der Waals surface area contributed by atoms with Crippen LogP contribution in [0.3, 0.4) is 0 Å². The standard InChI is InChI=1S/C33H41N3O4Si/c1-24(2)31(41(4,27-17-10-6-11-18-27)28-19-12-7-13-20-28)35-30(37)29-21-14-22-36(29)32(38)25(3)34-33(39)40-23-26-15-8-5-9-16-26/h5-13,15-20,24-25,29,31H,14,21-23H2,1-4H3,(H,34,39)(H,35,37)/t25-,29-,31+/m0/s1. The molecule has 0 radical (unpaired) electrons. The molecular weight excluding hydrogens is 530 g/mol. The van der Waals surface area contributed by atoms with Crippen molar-refractivity contribution in [1.82, 2.24) is 15.5 Å². The first-order valence-electron chi connectivity index (χ1n) is 14.4. The number of carbonyl (C=O) groups is 3. The summed E-state index contributed by atoms with van der Waals surface area (Å²) >= 11 is 0. The van der Waals surface area contributed by atoms with Gasteiger partial charge >= 0.3 is 6.09 Å². The van der Waals surface area contributed by atoms with Crippen LogP contribution in [-0.4, -0.2) is 55.2 Å². The van der Waals surface area contributed by atoms with E-state index in [2.05, 4.69) is 79.6 Å². The van der Waals surface area contributed by atoms with Crippen LogP contribution in [0.2, 0.25) is 6.55 Å². The molecule has 3 atom stereocenters. The maximum atomic E-state index is 13.9. The average molecular weight is 572 g/mol. The van der Waals surface area contributed by atoms with E-state index in [0.29, 0.717) is 13.0 Å². The molecule has 0 aliphatic carbocycles. The average Bonchev–Trinajstić information content (AvgIpc) is 3.49. The van der Waals surface area contributed by atoms with Crippen molar-refractivity contribution in [3.8, 4) is 0 Å². The lowest BCUT2D eigenvalue weighted by atomic mass is 10.1. The number of ether oxygens (including phenoxy) is 1. The van der Waals surface area contributed by atoms with Gasteiger partial charge in [-0.15, -0.1) is 0 Å². The minimum atomic E-state index is -2.45. The monoisotopic (exact) mass is 571 g/mol. The Morgan fingerprint density at radius 3 is 1.93 bits per heavy atom. The van der Waals surface area contributed by atoms with Gasteiger partial charge in [0, 0.05) is 12.2 Å². The van der Waals surface area contributed by atoms with Gasteiger partial charge in [-0.1, -0.05) is 122 Å². The fourth-order valence-electron chi connectivity index (χ4n) is 5.88. The molecule has 0 bridgehead atoms. The van der Waals surface area contributed by atoms with Crippen LogP contribution < -0.4 is 21.0 Å². The predicted octanol–water partition coefficient (Wildman–Crippen LogP) is 3.87. The maximum Gasteiger partial charge on any atom is 0.408 e. The van der Waals surface area contributed by atoms with Gasteiger partial charge < -0.3 is 20.3 Å². The number of benzene rings is 3. The van der Waals surface area contributed by atoms with Crippen LogP contribution in [0.4, 0.5) is 4.79 Å². The Balaban J connectivity index is 1.47. The van der Waals surface area contributed by atoms with Crippen LogP contribution in [0.1, 0.15) is 39.2 Å². The van der Waals surface area contributed by atoms with Crippen LogP contribution in [0, 0.1) is 5.92 Å². The van der Waals surface area contributed by atoms with Gasteiger partial charge in [0.2, 0.25) is 11.8 Å². The van der Waals surface area contributed by atoms with E-state index in [1.807, 2.05) is 42.5 Å². The molecule has 3 amide bonds. The molecule has 0 spiro atoms.